The number of anilines is 1. The lowest BCUT2D eigenvalue weighted by atomic mass is 9.92. The number of carbonyl (C=O) groups is 1. The zero-order valence-corrected chi connectivity index (χ0v) is 19.7. The number of hydrogen-bond acceptors (Lipinski definition) is 6. The standard InChI is InChI=1S/C27H29N5O3/c1-2-24(34)32(22-10-6-7-11-23(22)33)31-16-21(25-26(28)29-17-30-27(25)31)18-12-14-20(15-13-18)35-19-8-4-3-5-9-19/h3-5,8-9,12-17,22-23,33H,2,6-7,10-11H2,1H3,(H2,28,29,30). The molecule has 3 N–H and O–H groups in total. The normalized spacial score (nSPS) is 17.9. The Morgan fingerprint density at radius 1 is 1.09 bits per heavy atom. The van der Waals surface area contributed by atoms with Gasteiger partial charge in [-0.15, -0.1) is 0 Å². The van der Waals surface area contributed by atoms with Crippen LogP contribution in [0.3, 0.4) is 0 Å². The molecule has 2 heterocycles. The maximum atomic E-state index is 13.2. The molecule has 1 amide bonds. The maximum Gasteiger partial charge on any atom is 0.241 e. The predicted octanol–water partition coefficient (Wildman–Crippen LogP) is 4.65. The Hall–Kier alpha value is -3.91. The zero-order chi connectivity index (χ0) is 24.4. The smallest absolute Gasteiger partial charge is 0.241 e. The van der Waals surface area contributed by atoms with Crippen LogP contribution in [-0.2, 0) is 4.79 Å². The summed E-state index contributed by atoms with van der Waals surface area (Å²) in [6, 6.07) is 17.0. The quantitative estimate of drug-likeness (QED) is 0.424. The highest BCUT2D eigenvalue weighted by molar-refractivity contribution is 6.02. The molecule has 0 saturated heterocycles. The number of aliphatic hydroxyl groups excluding tert-OH is 1. The first-order chi connectivity index (χ1) is 17.1. The van der Waals surface area contributed by atoms with Gasteiger partial charge in [0.2, 0.25) is 5.91 Å². The Balaban J connectivity index is 1.58. The van der Waals surface area contributed by atoms with Crippen LogP contribution in [0.25, 0.3) is 22.2 Å². The van der Waals surface area contributed by atoms with Crippen LogP contribution in [-0.4, -0.2) is 37.8 Å². The zero-order valence-electron chi connectivity index (χ0n) is 19.7. The molecule has 5 rings (SSSR count). The molecule has 8 nitrogen and oxygen atoms in total. The lowest BCUT2D eigenvalue weighted by Crippen LogP contribution is -2.54. The highest BCUT2D eigenvalue weighted by atomic mass is 16.5. The van der Waals surface area contributed by atoms with Crippen molar-refractivity contribution in [2.75, 3.05) is 10.7 Å². The van der Waals surface area contributed by atoms with Gasteiger partial charge >= 0.3 is 0 Å². The Kier molecular flexibility index (Phi) is 6.37. The summed E-state index contributed by atoms with van der Waals surface area (Å²) in [7, 11) is 0. The van der Waals surface area contributed by atoms with Crippen LogP contribution in [0.15, 0.2) is 67.1 Å². The van der Waals surface area contributed by atoms with Gasteiger partial charge in [0.05, 0.1) is 17.5 Å². The van der Waals surface area contributed by atoms with Crippen LogP contribution in [0.5, 0.6) is 11.5 Å². The number of aliphatic hydroxyl groups is 1. The molecule has 180 valence electrons. The number of para-hydroxylation sites is 1. The Morgan fingerprint density at radius 3 is 2.51 bits per heavy atom. The van der Waals surface area contributed by atoms with E-state index < -0.39 is 6.10 Å². The fourth-order valence-corrected chi connectivity index (χ4v) is 4.78. The molecule has 35 heavy (non-hydrogen) atoms. The summed E-state index contributed by atoms with van der Waals surface area (Å²) in [5, 5.41) is 13.1. The van der Waals surface area contributed by atoms with Gasteiger partial charge < -0.3 is 15.6 Å². The summed E-state index contributed by atoms with van der Waals surface area (Å²) in [5.41, 5.74) is 8.55. The largest absolute Gasteiger partial charge is 0.457 e. The molecule has 1 fully saturated rings. The highest BCUT2D eigenvalue weighted by Crippen LogP contribution is 2.35. The van der Waals surface area contributed by atoms with Crippen molar-refractivity contribution >= 4 is 22.8 Å². The summed E-state index contributed by atoms with van der Waals surface area (Å²) < 4.78 is 7.68. The van der Waals surface area contributed by atoms with Crippen LogP contribution in [0.2, 0.25) is 0 Å². The maximum absolute atomic E-state index is 13.2. The Labute approximate surface area is 204 Å². The summed E-state index contributed by atoms with van der Waals surface area (Å²) in [6.45, 7) is 1.83. The van der Waals surface area contributed by atoms with E-state index >= 15 is 0 Å². The van der Waals surface area contributed by atoms with Crippen molar-refractivity contribution in [1.29, 1.82) is 0 Å². The van der Waals surface area contributed by atoms with E-state index in [0.717, 1.165) is 36.1 Å². The molecule has 2 atom stereocenters. The van der Waals surface area contributed by atoms with Crippen molar-refractivity contribution in [2.45, 2.75) is 51.2 Å². The Morgan fingerprint density at radius 2 is 1.80 bits per heavy atom. The van der Waals surface area contributed by atoms with E-state index in [2.05, 4.69) is 9.97 Å². The van der Waals surface area contributed by atoms with Crippen LogP contribution < -0.4 is 15.5 Å². The van der Waals surface area contributed by atoms with Crippen molar-refractivity contribution in [2.24, 2.45) is 0 Å². The minimum atomic E-state index is -0.589. The molecule has 0 spiro atoms. The van der Waals surface area contributed by atoms with E-state index in [9.17, 15) is 9.90 Å². The van der Waals surface area contributed by atoms with Gasteiger partial charge in [-0.05, 0) is 42.7 Å². The molecule has 1 aliphatic rings. The van der Waals surface area contributed by atoms with Gasteiger partial charge in [0.25, 0.3) is 0 Å². The first-order valence-corrected chi connectivity index (χ1v) is 12.0. The highest BCUT2D eigenvalue weighted by Gasteiger charge is 2.34. The molecule has 2 aromatic carbocycles. The number of fused-ring (bicyclic) bond motifs is 1. The molecular weight excluding hydrogens is 442 g/mol. The second-order valence-corrected chi connectivity index (χ2v) is 8.80. The molecule has 0 aliphatic heterocycles. The second kappa shape index (κ2) is 9.76. The predicted molar refractivity (Wildman–Crippen MR) is 136 cm³/mol. The number of amides is 1. The van der Waals surface area contributed by atoms with Crippen molar-refractivity contribution < 1.29 is 14.6 Å². The summed E-state index contributed by atoms with van der Waals surface area (Å²) in [5.74, 6) is 1.72. The van der Waals surface area contributed by atoms with Crippen LogP contribution in [0.4, 0.5) is 5.82 Å². The van der Waals surface area contributed by atoms with Crippen LogP contribution in [0, 0.1) is 0 Å². The second-order valence-electron chi connectivity index (χ2n) is 8.80. The monoisotopic (exact) mass is 471 g/mol. The summed E-state index contributed by atoms with van der Waals surface area (Å²) in [4.78, 5) is 21.9. The SMILES string of the molecule is CCC(=O)N(C1CCCCC1O)n1cc(-c2ccc(Oc3ccccc3)cc2)c2c(N)ncnc21. The molecule has 2 aromatic heterocycles. The van der Waals surface area contributed by atoms with Gasteiger partial charge in [-0.25, -0.2) is 19.7 Å². The van der Waals surface area contributed by atoms with Gasteiger partial charge in [0.1, 0.15) is 23.6 Å². The summed E-state index contributed by atoms with van der Waals surface area (Å²) in [6.07, 6.45) is 6.31. The number of benzene rings is 2. The number of ether oxygens (including phenoxy) is 1. The lowest BCUT2D eigenvalue weighted by Gasteiger charge is -2.38. The third-order valence-electron chi connectivity index (χ3n) is 6.54. The number of nitrogen functional groups attached to an aromatic ring is 1. The Bertz CT molecular complexity index is 1320. The van der Waals surface area contributed by atoms with Crippen molar-refractivity contribution in [3.8, 4) is 22.6 Å². The third kappa shape index (κ3) is 4.44. The molecule has 0 bridgehead atoms. The minimum absolute atomic E-state index is 0.0804. The van der Waals surface area contributed by atoms with E-state index in [1.165, 1.54) is 6.33 Å². The molecule has 2 unspecified atom stereocenters. The molecular formula is C27H29N5O3. The van der Waals surface area contributed by atoms with Gasteiger partial charge in [-0.2, -0.15) is 0 Å². The van der Waals surface area contributed by atoms with Crippen molar-refractivity contribution in [3.05, 3.63) is 67.1 Å². The fourth-order valence-electron chi connectivity index (χ4n) is 4.78. The van der Waals surface area contributed by atoms with Crippen molar-refractivity contribution in [1.82, 2.24) is 14.6 Å². The van der Waals surface area contributed by atoms with E-state index in [1.54, 1.807) is 9.69 Å². The molecule has 0 radical (unpaired) electrons. The van der Waals surface area contributed by atoms with Gasteiger partial charge in [-0.1, -0.05) is 50.1 Å². The van der Waals surface area contributed by atoms with Gasteiger partial charge in [0.15, 0.2) is 5.65 Å². The molecule has 1 saturated carbocycles. The van der Waals surface area contributed by atoms with Gasteiger partial charge in [-0.3, -0.25) is 4.79 Å². The van der Waals surface area contributed by atoms with E-state index in [1.807, 2.05) is 67.7 Å². The number of aromatic nitrogens is 3. The topological polar surface area (TPSA) is 106 Å². The molecule has 4 aromatic rings. The first-order valence-electron chi connectivity index (χ1n) is 12.0. The number of rotatable bonds is 6. The number of nitrogens with zero attached hydrogens (tertiary/aromatic N) is 4. The minimum Gasteiger partial charge on any atom is -0.457 e. The van der Waals surface area contributed by atoms with E-state index in [-0.39, 0.29) is 11.9 Å². The summed E-state index contributed by atoms with van der Waals surface area (Å²) >= 11 is 0. The van der Waals surface area contributed by atoms with Crippen LogP contribution in [0.1, 0.15) is 39.0 Å². The van der Waals surface area contributed by atoms with Crippen LogP contribution >= 0.6 is 0 Å². The number of carbonyl (C=O) groups excluding carboxylic acids is 1. The van der Waals surface area contributed by atoms with E-state index in [0.29, 0.717) is 35.4 Å². The average Bonchev–Trinajstić information content (AvgIpc) is 3.27. The lowest BCUT2D eigenvalue weighted by molar-refractivity contribution is -0.121. The average molecular weight is 472 g/mol. The molecule has 8 heteroatoms. The first kappa shape index (κ1) is 22.9. The number of nitrogens with two attached hydrogens (primary N) is 1. The third-order valence-corrected chi connectivity index (χ3v) is 6.54. The molecule has 1 aliphatic carbocycles. The van der Waals surface area contributed by atoms with E-state index in [4.69, 9.17) is 10.5 Å². The number of hydrogen-bond donors (Lipinski definition) is 2. The van der Waals surface area contributed by atoms with Crippen molar-refractivity contribution in [3.63, 3.8) is 0 Å². The fraction of sp³-hybridized carbons (Fsp3) is 0.296. The van der Waals surface area contributed by atoms with Gasteiger partial charge in [0, 0.05) is 18.2 Å².